The first-order chi connectivity index (χ1) is 17.5. The molecule has 0 aliphatic heterocycles. The van der Waals surface area contributed by atoms with Crippen molar-refractivity contribution in [2.75, 3.05) is 29.2 Å². The van der Waals surface area contributed by atoms with E-state index in [-0.39, 0.29) is 11.7 Å². The van der Waals surface area contributed by atoms with Crippen molar-refractivity contribution in [3.8, 4) is 0 Å². The molecule has 0 bridgehead atoms. The van der Waals surface area contributed by atoms with Gasteiger partial charge >= 0.3 is 0 Å². The van der Waals surface area contributed by atoms with Crippen LogP contribution in [-0.4, -0.2) is 30.0 Å². The minimum Gasteiger partial charge on any atom is -0.355 e. The number of aromatic nitrogens is 2. The molecular weight excluding hydrogens is 453 g/mol. The Labute approximate surface area is 208 Å². The van der Waals surface area contributed by atoms with Crippen molar-refractivity contribution in [3.63, 3.8) is 0 Å². The maximum atomic E-state index is 13.8. The lowest BCUT2D eigenvalue weighted by atomic mass is 10.1. The van der Waals surface area contributed by atoms with Crippen LogP contribution in [0.15, 0.2) is 104 Å². The smallest absolute Gasteiger partial charge is 0.258 e. The minimum absolute atomic E-state index is 0.123. The molecule has 0 radical (unpaired) electrons. The second-order valence-corrected chi connectivity index (χ2v) is 8.37. The molecule has 5 rings (SSSR count). The number of benzene rings is 3. The summed E-state index contributed by atoms with van der Waals surface area (Å²) in [5, 5.41) is 3.98. The summed E-state index contributed by atoms with van der Waals surface area (Å²) in [5.41, 5.74) is 5.53. The average Bonchev–Trinajstić information content (AvgIpc) is 2.93. The Balaban J connectivity index is 1.33. The summed E-state index contributed by atoms with van der Waals surface area (Å²) in [6.45, 7) is 0. The predicted molar refractivity (Wildman–Crippen MR) is 143 cm³/mol. The molecule has 6 nitrogen and oxygen atoms in total. The summed E-state index contributed by atoms with van der Waals surface area (Å²) in [6.07, 6.45) is 5.17. The lowest BCUT2D eigenvalue weighted by molar-refractivity contribution is 0.0993. The van der Waals surface area contributed by atoms with Crippen LogP contribution in [0.25, 0.3) is 10.9 Å². The van der Waals surface area contributed by atoms with E-state index in [1.807, 2.05) is 60.5 Å². The summed E-state index contributed by atoms with van der Waals surface area (Å²) in [7, 11) is 3.74. The van der Waals surface area contributed by atoms with Gasteiger partial charge in [-0.15, -0.1) is 0 Å². The number of fused-ring (bicyclic) bond motifs is 1. The number of rotatable bonds is 6. The molecule has 5 aromatic rings. The summed E-state index contributed by atoms with van der Waals surface area (Å²) in [4.78, 5) is 25.2. The fraction of sp³-hybridized carbons (Fsp3) is 0.0690. The molecule has 1 N–H and O–H groups in total. The van der Waals surface area contributed by atoms with Gasteiger partial charge in [0.15, 0.2) is 0 Å². The molecule has 3 aromatic carbocycles. The number of nitrogens with one attached hydrogen (secondary N) is 1. The Hall–Kier alpha value is -4.78. The molecule has 2 heterocycles. The van der Waals surface area contributed by atoms with E-state index >= 15 is 0 Å². The zero-order valence-electron chi connectivity index (χ0n) is 19.9. The Bertz CT molecular complexity index is 1520. The van der Waals surface area contributed by atoms with E-state index in [1.165, 1.54) is 12.1 Å². The van der Waals surface area contributed by atoms with Crippen molar-refractivity contribution in [3.05, 3.63) is 115 Å². The summed E-state index contributed by atoms with van der Waals surface area (Å²) < 4.78 is 13.8. The Kier molecular flexibility index (Phi) is 6.28. The molecular formula is C29H24FN5O. The van der Waals surface area contributed by atoms with Crippen LogP contribution in [0, 0.1) is 5.82 Å². The molecule has 0 fully saturated rings. The largest absolute Gasteiger partial charge is 0.355 e. The zero-order chi connectivity index (χ0) is 25.1. The highest BCUT2D eigenvalue weighted by atomic mass is 19.1. The third kappa shape index (κ3) is 4.72. The molecule has 0 spiro atoms. The highest BCUT2D eigenvalue weighted by molar-refractivity contribution is 6.06. The van der Waals surface area contributed by atoms with Crippen molar-refractivity contribution >= 4 is 45.2 Å². The molecule has 0 unspecified atom stereocenters. The fourth-order valence-corrected chi connectivity index (χ4v) is 4.02. The molecule has 0 atom stereocenters. The van der Waals surface area contributed by atoms with Crippen LogP contribution in [0.1, 0.15) is 10.4 Å². The second-order valence-electron chi connectivity index (χ2n) is 8.37. The molecule has 0 saturated heterocycles. The Morgan fingerprint density at radius 3 is 2.33 bits per heavy atom. The molecule has 1 amide bonds. The van der Waals surface area contributed by atoms with Gasteiger partial charge in [0.25, 0.3) is 5.91 Å². The number of amides is 1. The number of nitrogens with zero attached hydrogens (tertiary/aromatic N) is 4. The van der Waals surface area contributed by atoms with Gasteiger partial charge in [-0.25, -0.2) is 4.39 Å². The van der Waals surface area contributed by atoms with E-state index in [4.69, 9.17) is 0 Å². The van der Waals surface area contributed by atoms with E-state index < -0.39 is 0 Å². The van der Waals surface area contributed by atoms with E-state index in [0.717, 1.165) is 28.4 Å². The van der Waals surface area contributed by atoms with Crippen LogP contribution in [0.5, 0.6) is 0 Å². The standard InChI is InChI=1S/C29H24FN5O/c1-34(23-12-15-31-16-13-23)24-4-3-5-25(19-24)35(2)29(36)20-6-9-22(10-7-20)33-28-14-17-32-27-11-8-21(30)18-26(27)28/h3-19H,1-2H3,(H,32,33). The van der Waals surface area contributed by atoms with Crippen LogP contribution >= 0.6 is 0 Å². The number of carbonyl (C=O) groups excluding carboxylic acids is 1. The van der Waals surface area contributed by atoms with Crippen LogP contribution in [0.3, 0.4) is 0 Å². The molecule has 2 aromatic heterocycles. The molecule has 0 aliphatic carbocycles. The number of anilines is 5. The SMILES string of the molecule is CN(C(=O)c1ccc(Nc2ccnc3ccc(F)cc23)cc1)c1cccc(N(C)c2ccncc2)c1. The third-order valence-electron chi connectivity index (χ3n) is 6.07. The van der Waals surface area contributed by atoms with Crippen molar-refractivity contribution in [1.29, 1.82) is 0 Å². The van der Waals surface area contributed by atoms with Gasteiger partial charge in [-0.1, -0.05) is 6.07 Å². The van der Waals surface area contributed by atoms with Gasteiger partial charge in [0.05, 0.1) is 5.52 Å². The Morgan fingerprint density at radius 1 is 0.806 bits per heavy atom. The fourth-order valence-electron chi connectivity index (χ4n) is 4.02. The van der Waals surface area contributed by atoms with Gasteiger partial charge in [0, 0.05) is 72.1 Å². The van der Waals surface area contributed by atoms with Crippen molar-refractivity contribution in [2.45, 2.75) is 0 Å². The predicted octanol–water partition coefficient (Wildman–Crippen LogP) is 6.56. The van der Waals surface area contributed by atoms with Gasteiger partial charge in [-0.2, -0.15) is 0 Å². The molecule has 178 valence electrons. The van der Waals surface area contributed by atoms with Crippen LogP contribution in [0.4, 0.5) is 32.8 Å². The van der Waals surface area contributed by atoms with Gasteiger partial charge in [-0.05, 0) is 78.9 Å². The minimum atomic E-state index is -0.321. The summed E-state index contributed by atoms with van der Waals surface area (Å²) >= 11 is 0. The first-order valence-corrected chi connectivity index (χ1v) is 11.4. The molecule has 7 heteroatoms. The van der Waals surface area contributed by atoms with Gasteiger partial charge in [-0.3, -0.25) is 14.8 Å². The van der Waals surface area contributed by atoms with Crippen LogP contribution in [0.2, 0.25) is 0 Å². The first-order valence-electron chi connectivity index (χ1n) is 11.4. The maximum Gasteiger partial charge on any atom is 0.258 e. The summed E-state index contributed by atoms with van der Waals surface area (Å²) in [5.74, 6) is -0.444. The number of hydrogen-bond acceptors (Lipinski definition) is 5. The van der Waals surface area contributed by atoms with E-state index in [9.17, 15) is 9.18 Å². The molecule has 36 heavy (non-hydrogen) atoms. The normalized spacial score (nSPS) is 10.8. The third-order valence-corrected chi connectivity index (χ3v) is 6.07. The van der Waals surface area contributed by atoms with Crippen molar-refractivity contribution in [2.24, 2.45) is 0 Å². The quantitative estimate of drug-likeness (QED) is 0.300. The maximum absolute atomic E-state index is 13.8. The number of carbonyl (C=O) groups is 1. The van der Waals surface area contributed by atoms with Crippen LogP contribution in [-0.2, 0) is 0 Å². The van der Waals surface area contributed by atoms with E-state index in [2.05, 4.69) is 15.3 Å². The number of hydrogen-bond donors (Lipinski definition) is 1. The zero-order valence-corrected chi connectivity index (χ0v) is 19.9. The lowest BCUT2D eigenvalue weighted by Gasteiger charge is -2.23. The second kappa shape index (κ2) is 9.84. The lowest BCUT2D eigenvalue weighted by Crippen LogP contribution is -2.26. The van der Waals surface area contributed by atoms with Crippen LogP contribution < -0.4 is 15.1 Å². The molecule has 0 aliphatic rings. The van der Waals surface area contributed by atoms with Crippen molar-refractivity contribution in [1.82, 2.24) is 9.97 Å². The van der Waals surface area contributed by atoms with Crippen molar-refractivity contribution < 1.29 is 9.18 Å². The first kappa shape index (κ1) is 23.0. The average molecular weight is 478 g/mol. The highest BCUT2D eigenvalue weighted by Gasteiger charge is 2.15. The van der Waals surface area contributed by atoms with Gasteiger partial charge < -0.3 is 15.1 Å². The number of halogens is 1. The monoisotopic (exact) mass is 477 g/mol. The van der Waals surface area contributed by atoms with Gasteiger partial charge in [0.1, 0.15) is 5.82 Å². The van der Waals surface area contributed by atoms with E-state index in [1.54, 1.807) is 54.8 Å². The molecule has 0 saturated carbocycles. The number of pyridine rings is 2. The topological polar surface area (TPSA) is 61.4 Å². The Morgan fingerprint density at radius 2 is 1.56 bits per heavy atom. The summed E-state index contributed by atoms with van der Waals surface area (Å²) in [6, 6.07) is 25.2. The van der Waals surface area contributed by atoms with E-state index in [0.29, 0.717) is 16.5 Å². The highest BCUT2D eigenvalue weighted by Crippen LogP contribution is 2.28. The van der Waals surface area contributed by atoms with Gasteiger partial charge in [0.2, 0.25) is 0 Å².